The predicted molar refractivity (Wildman–Crippen MR) is 88.5 cm³/mol. The number of para-hydroxylation sites is 1. The number of rotatable bonds is 3. The van der Waals surface area contributed by atoms with Crippen LogP contribution in [0, 0.1) is 0 Å². The van der Waals surface area contributed by atoms with Gasteiger partial charge in [0.1, 0.15) is 6.33 Å². The number of aliphatic imine (C=N–C) groups is 1. The minimum absolute atomic E-state index is 0. The first-order valence-electron chi connectivity index (χ1n) is 6.32. The molecule has 0 saturated carbocycles. The summed E-state index contributed by atoms with van der Waals surface area (Å²) in [5, 5.41) is 14.6. The predicted octanol–water partition coefficient (Wildman–Crippen LogP) is 1.32. The number of hydrogen-bond donors (Lipinski definition) is 2. The fourth-order valence-corrected chi connectivity index (χ4v) is 2.01. The third-order valence-corrected chi connectivity index (χ3v) is 2.97. The molecular formula is C13H17IN6. The zero-order valence-electron chi connectivity index (χ0n) is 11.2. The molecule has 2 N–H and O–H groups in total. The van der Waals surface area contributed by atoms with Gasteiger partial charge in [-0.25, -0.2) is 0 Å². The number of benzene rings is 1. The monoisotopic (exact) mass is 384 g/mol. The quantitative estimate of drug-likeness (QED) is 0.784. The summed E-state index contributed by atoms with van der Waals surface area (Å²) in [7, 11) is 0. The summed E-state index contributed by atoms with van der Waals surface area (Å²) in [6.07, 6.45) is 1.72. The molecule has 0 amide bonds. The van der Waals surface area contributed by atoms with Gasteiger partial charge in [-0.05, 0) is 19.1 Å². The summed E-state index contributed by atoms with van der Waals surface area (Å²) in [4.78, 5) is 4.36. The highest BCUT2D eigenvalue weighted by atomic mass is 127. The number of nitrogens with one attached hydrogen (secondary N) is 2. The molecule has 0 spiro atoms. The molecule has 20 heavy (non-hydrogen) atoms. The Labute approximate surface area is 134 Å². The Morgan fingerprint density at radius 3 is 2.85 bits per heavy atom. The van der Waals surface area contributed by atoms with Crippen molar-refractivity contribution in [1.29, 1.82) is 0 Å². The van der Waals surface area contributed by atoms with Crippen LogP contribution in [0.3, 0.4) is 0 Å². The fourth-order valence-electron chi connectivity index (χ4n) is 2.01. The summed E-state index contributed by atoms with van der Waals surface area (Å²) >= 11 is 0. The van der Waals surface area contributed by atoms with Gasteiger partial charge in [-0.3, -0.25) is 9.56 Å². The number of guanidine groups is 1. The molecule has 3 rings (SSSR count). The van der Waals surface area contributed by atoms with E-state index in [1.165, 1.54) is 0 Å². The maximum Gasteiger partial charge on any atom is 0.191 e. The SMILES string of the molecule is CC1CN=C(NCc2nncn2-c2ccccc2)N1.I. The van der Waals surface area contributed by atoms with E-state index in [4.69, 9.17) is 0 Å². The lowest BCUT2D eigenvalue weighted by Crippen LogP contribution is -2.37. The van der Waals surface area contributed by atoms with Crippen LogP contribution in [0.1, 0.15) is 12.7 Å². The molecule has 1 aromatic carbocycles. The van der Waals surface area contributed by atoms with Crippen molar-refractivity contribution in [1.82, 2.24) is 25.4 Å². The minimum Gasteiger partial charge on any atom is -0.352 e. The second-order valence-corrected chi connectivity index (χ2v) is 4.54. The topological polar surface area (TPSA) is 67.1 Å². The van der Waals surface area contributed by atoms with Crippen LogP contribution in [-0.2, 0) is 6.54 Å². The van der Waals surface area contributed by atoms with Gasteiger partial charge in [-0.1, -0.05) is 18.2 Å². The summed E-state index contributed by atoms with van der Waals surface area (Å²) < 4.78 is 1.96. The van der Waals surface area contributed by atoms with Gasteiger partial charge in [0, 0.05) is 11.7 Å². The fraction of sp³-hybridized carbons (Fsp3) is 0.308. The number of halogens is 1. The molecule has 1 aliphatic heterocycles. The highest BCUT2D eigenvalue weighted by Crippen LogP contribution is 2.08. The molecule has 6 nitrogen and oxygen atoms in total. The van der Waals surface area contributed by atoms with Crippen molar-refractivity contribution in [3.05, 3.63) is 42.5 Å². The van der Waals surface area contributed by atoms with E-state index in [-0.39, 0.29) is 24.0 Å². The van der Waals surface area contributed by atoms with Crippen molar-refractivity contribution in [2.75, 3.05) is 6.54 Å². The van der Waals surface area contributed by atoms with E-state index >= 15 is 0 Å². The lowest BCUT2D eigenvalue weighted by Gasteiger charge is -2.09. The van der Waals surface area contributed by atoms with Crippen LogP contribution in [0.2, 0.25) is 0 Å². The maximum absolute atomic E-state index is 4.36. The number of hydrogen-bond acceptors (Lipinski definition) is 5. The number of aromatic nitrogens is 3. The van der Waals surface area contributed by atoms with Gasteiger partial charge in [-0.2, -0.15) is 0 Å². The first-order valence-corrected chi connectivity index (χ1v) is 6.32. The number of nitrogens with zero attached hydrogens (tertiary/aromatic N) is 4. The van der Waals surface area contributed by atoms with Crippen LogP contribution < -0.4 is 10.6 Å². The molecule has 0 radical (unpaired) electrons. The average molecular weight is 384 g/mol. The second kappa shape index (κ2) is 6.69. The zero-order valence-corrected chi connectivity index (χ0v) is 13.5. The van der Waals surface area contributed by atoms with E-state index in [2.05, 4.69) is 32.7 Å². The third-order valence-electron chi connectivity index (χ3n) is 2.97. The standard InChI is InChI=1S/C13H16N6.HI/c1-10-7-14-13(17-10)15-8-12-18-16-9-19(12)11-5-3-2-4-6-11;/h2-6,9-10H,7-8H2,1H3,(H2,14,15,17);1H. The molecule has 1 unspecified atom stereocenters. The molecule has 0 bridgehead atoms. The van der Waals surface area contributed by atoms with Crippen LogP contribution in [0.5, 0.6) is 0 Å². The molecule has 1 aromatic heterocycles. The molecule has 0 saturated heterocycles. The molecule has 2 heterocycles. The van der Waals surface area contributed by atoms with Gasteiger partial charge in [0.25, 0.3) is 0 Å². The van der Waals surface area contributed by atoms with Crippen molar-refractivity contribution in [2.24, 2.45) is 4.99 Å². The maximum atomic E-state index is 4.36. The lowest BCUT2D eigenvalue weighted by molar-refractivity contribution is 0.706. The van der Waals surface area contributed by atoms with Crippen LogP contribution >= 0.6 is 24.0 Å². The van der Waals surface area contributed by atoms with Crippen molar-refractivity contribution in [3.8, 4) is 5.69 Å². The van der Waals surface area contributed by atoms with Crippen LogP contribution in [0.25, 0.3) is 5.69 Å². The first-order chi connectivity index (χ1) is 9.33. The van der Waals surface area contributed by atoms with E-state index in [0.29, 0.717) is 12.6 Å². The highest BCUT2D eigenvalue weighted by Gasteiger charge is 2.13. The molecular weight excluding hydrogens is 367 g/mol. The van der Waals surface area contributed by atoms with E-state index in [0.717, 1.165) is 24.0 Å². The van der Waals surface area contributed by atoms with Crippen molar-refractivity contribution in [2.45, 2.75) is 19.5 Å². The third kappa shape index (κ3) is 3.27. The second-order valence-electron chi connectivity index (χ2n) is 4.54. The van der Waals surface area contributed by atoms with Gasteiger partial charge >= 0.3 is 0 Å². The Hall–Kier alpha value is -1.64. The summed E-state index contributed by atoms with van der Waals surface area (Å²) in [5.41, 5.74) is 1.05. The molecule has 0 aliphatic carbocycles. The normalized spacial score (nSPS) is 17.1. The van der Waals surface area contributed by atoms with E-state index < -0.39 is 0 Å². The van der Waals surface area contributed by atoms with Gasteiger partial charge in [0.2, 0.25) is 0 Å². The average Bonchev–Trinajstić information content (AvgIpc) is 3.06. The minimum atomic E-state index is 0. The Kier molecular flexibility index (Phi) is 4.94. The van der Waals surface area contributed by atoms with E-state index in [9.17, 15) is 0 Å². The Morgan fingerprint density at radius 1 is 1.35 bits per heavy atom. The van der Waals surface area contributed by atoms with Crippen molar-refractivity contribution < 1.29 is 0 Å². The van der Waals surface area contributed by atoms with Crippen LogP contribution in [0.4, 0.5) is 0 Å². The lowest BCUT2D eigenvalue weighted by atomic mass is 10.3. The smallest absolute Gasteiger partial charge is 0.191 e. The van der Waals surface area contributed by atoms with Crippen molar-refractivity contribution >= 4 is 29.9 Å². The Bertz CT molecular complexity index is 580. The largest absolute Gasteiger partial charge is 0.352 e. The highest BCUT2D eigenvalue weighted by molar-refractivity contribution is 14.0. The molecule has 0 fully saturated rings. The van der Waals surface area contributed by atoms with E-state index in [1.54, 1.807) is 6.33 Å². The zero-order chi connectivity index (χ0) is 13.1. The van der Waals surface area contributed by atoms with Crippen molar-refractivity contribution in [3.63, 3.8) is 0 Å². The molecule has 1 atom stereocenters. The molecule has 106 valence electrons. The summed E-state index contributed by atoms with van der Waals surface area (Å²) in [5.74, 6) is 1.69. The summed E-state index contributed by atoms with van der Waals surface area (Å²) in [6.45, 7) is 3.51. The van der Waals surface area contributed by atoms with Crippen LogP contribution in [0.15, 0.2) is 41.7 Å². The van der Waals surface area contributed by atoms with Gasteiger partial charge in [0.05, 0.1) is 13.1 Å². The van der Waals surface area contributed by atoms with Gasteiger partial charge in [0.15, 0.2) is 11.8 Å². The Balaban J connectivity index is 0.00000147. The summed E-state index contributed by atoms with van der Waals surface area (Å²) in [6, 6.07) is 10.4. The van der Waals surface area contributed by atoms with Crippen LogP contribution in [-0.4, -0.2) is 33.3 Å². The first kappa shape index (κ1) is 14.8. The molecule has 7 heteroatoms. The van der Waals surface area contributed by atoms with E-state index in [1.807, 2.05) is 34.9 Å². The Morgan fingerprint density at radius 2 is 2.15 bits per heavy atom. The molecule has 1 aliphatic rings. The van der Waals surface area contributed by atoms with Gasteiger partial charge in [-0.15, -0.1) is 34.2 Å². The molecule has 2 aromatic rings. The van der Waals surface area contributed by atoms with Gasteiger partial charge < -0.3 is 10.6 Å².